The molecule has 0 aliphatic carbocycles. The van der Waals surface area contributed by atoms with Gasteiger partial charge in [-0.2, -0.15) is 0 Å². The Hall–Kier alpha value is -6.86. The summed E-state index contributed by atoms with van der Waals surface area (Å²) in [5.74, 6) is 1.49. The molecule has 0 saturated heterocycles. The van der Waals surface area contributed by atoms with Crippen LogP contribution in [0.15, 0.2) is 156 Å². The monoisotopic (exact) mass is 686 g/mol. The van der Waals surface area contributed by atoms with Gasteiger partial charge in [0.25, 0.3) is 0 Å². The lowest BCUT2D eigenvalue weighted by Crippen LogP contribution is -2.14. The van der Waals surface area contributed by atoms with Crippen molar-refractivity contribution in [2.24, 2.45) is 0 Å². The molecule has 0 saturated carbocycles. The largest absolute Gasteiger partial charge is 0.438 e. The van der Waals surface area contributed by atoms with Crippen molar-refractivity contribution in [1.29, 1.82) is 0 Å². The molecule has 0 N–H and O–H groups in total. The molecule has 0 amide bonds. The summed E-state index contributed by atoms with van der Waals surface area (Å²) in [4.78, 5) is 20.0. The number of fused-ring (bicyclic) bond motifs is 6. The minimum atomic E-state index is -0.148. The number of benzene rings is 5. The maximum Gasteiger partial charge on any atom is 0.236 e. The van der Waals surface area contributed by atoms with Crippen LogP contribution in [0.4, 0.5) is 0 Å². The van der Waals surface area contributed by atoms with E-state index in [1.165, 1.54) is 0 Å². The summed E-state index contributed by atoms with van der Waals surface area (Å²) in [5.41, 5.74) is 12.1. The predicted octanol–water partition coefficient (Wildman–Crippen LogP) is 11.3. The highest BCUT2D eigenvalue weighted by molar-refractivity contribution is 6.08. The van der Waals surface area contributed by atoms with E-state index in [0.29, 0.717) is 5.78 Å². The summed E-state index contributed by atoms with van der Waals surface area (Å²) >= 11 is 0. The fraction of sp³-hybridized carbons (Fsp3) is 0.0870. The molecule has 53 heavy (non-hydrogen) atoms. The van der Waals surface area contributed by atoms with Crippen molar-refractivity contribution in [1.82, 2.24) is 28.9 Å². The van der Waals surface area contributed by atoms with Crippen molar-refractivity contribution in [2.45, 2.75) is 26.2 Å². The van der Waals surface area contributed by atoms with Crippen LogP contribution in [-0.2, 0) is 5.41 Å². The van der Waals surface area contributed by atoms with Crippen molar-refractivity contribution in [3.63, 3.8) is 0 Å². The minimum absolute atomic E-state index is 0.148. The third-order valence-corrected chi connectivity index (χ3v) is 10.0. The molecule has 0 atom stereocenters. The van der Waals surface area contributed by atoms with Crippen molar-refractivity contribution in [3.8, 4) is 50.7 Å². The van der Waals surface area contributed by atoms with Gasteiger partial charge in [-0.3, -0.25) is 4.57 Å². The number of hydrogen-bond donors (Lipinski definition) is 0. The average molecular weight is 687 g/mol. The molecule has 5 aromatic heterocycles. The summed E-state index contributed by atoms with van der Waals surface area (Å²) in [5, 5.41) is 1.92. The number of hydrogen-bond acceptors (Lipinski definition) is 5. The van der Waals surface area contributed by atoms with Gasteiger partial charge in [0, 0.05) is 39.3 Å². The first kappa shape index (κ1) is 30.9. The average Bonchev–Trinajstić information content (AvgIpc) is 3.92. The van der Waals surface area contributed by atoms with E-state index >= 15 is 0 Å². The van der Waals surface area contributed by atoms with Gasteiger partial charge in [-0.05, 0) is 35.9 Å². The number of rotatable bonds is 5. The second-order valence-corrected chi connectivity index (χ2v) is 14.4. The smallest absolute Gasteiger partial charge is 0.236 e. The second kappa shape index (κ2) is 11.9. The van der Waals surface area contributed by atoms with Gasteiger partial charge in [0.15, 0.2) is 0 Å². The molecule has 5 aromatic carbocycles. The Bertz CT molecular complexity index is 2980. The molecule has 7 heteroatoms. The Morgan fingerprint density at radius 1 is 0.547 bits per heavy atom. The van der Waals surface area contributed by atoms with Crippen LogP contribution < -0.4 is 0 Å². The third-order valence-electron chi connectivity index (χ3n) is 10.0. The second-order valence-electron chi connectivity index (χ2n) is 14.4. The van der Waals surface area contributed by atoms with Crippen molar-refractivity contribution in [2.75, 3.05) is 0 Å². The number of para-hydroxylation sites is 3. The molecular weight excluding hydrogens is 653 g/mol. The van der Waals surface area contributed by atoms with Crippen LogP contribution in [0.25, 0.3) is 89.6 Å². The maximum atomic E-state index is 6.75. The topological polar surface area (TPSA) is 74.0 Å². The van der Waals surface area contributed by atoms with Gasteiger partial charge < -0.3 is 4.42 Å². The van der Waals surface area contributed by atoms with Gasteiger partial charge in [-0.25, -0.2) is 24.3 Å². The molecule has 0 spiro atoms. The van der Waals surface area contributed by atoms with Crippen LogP contribution in [0.3, 0.4) is 0 Å². The molecule has 0 radical (unpaired) electrons. The predicted molar refractivity (Wildman–Crippen MR) is 213 cm³/mol. The van der Waals surface area contributed by atoms with E-state index in [4.69, 9.17) is 19.4 Å². The van der Waals surface area contributed by atoms with E-state index in [1.807, 2.05) is 28.9 Å². The fourth-order valence-electron chi connectivity index (χ4n) is 7.50. The van der Waals surface area contributed by atoms with E-state index in [0.717, 1.165) is 89.5 Å². The molecule has 5 heterocycles. The standard InChI is InChI=1S/C46H34N6O/c1-46(2,3)40-28-48-45-47-27-35-32-20-12-22-34(42(32)53-44(35)52(40)45)37-24-14-23-36(49-37)33-21-13-26-39-41(33)50-43(30-17-8-5-9-18-30)51(39)38-25-11-10-19-31(38)29-15-6-4-7-16-29/h4-28H,1-3H3. The van der Waals surface area contributed by atoms with Crippen molar-refractivity contribution < 1.29 is 4.42 Å². The third kappa shape index (κ3) is 4.96. The van der Waals surface area contributed by atoms with Gasteiger partial charge in [0.1, 0.15) is 11.4 Å². The molecule has 0 fully saturated rings. The van der Waals surface area contributed by atoms with E-state index in [1.54, 1.807) is 0 Å². The van der Waals surface area contributed by atoms with Gasteiger partial charge >= 0.3 is 0 Å². The molecule has 10 rings (SSSR count). The fourth-order valence-corrected chi connectivity index (χ4v) is 7.50. The lowest BCUT2D eigenvalue weighted by Gasteiger charge is -2.17. The first-order valence-electron chi connectivity index (χ1n) is 17.8. The quantitative estimate of drug-likeness (QED) is 0.180. The molecule has 0 unspecified atom stereocenters. The van der Waals surface area contributed by atoms with Crippen LogP contribution in [0.2, 0.25) is 0 Å². The Balaban J connectivity index is 1.17. The van der Waals surface area contributed by atoms with Crippen LogP contribution in [0.5, 0.6) is 0 Å². The molecule has 254 valence electrons. The Labute approximate surface area is 305 Å². The SMILES string of the molecule is CC(C)(C)c1cnc2ncc3c4cccc(-c5cccc(-c6cccc7c6nc(-c6ccccc6)n7-c6ccccc6-c6ccccc6)n5)c4oc3n12. The minimum Gasteiger partial charge on any atom is -0.438 e. The van der Waals surface area contributed by atoms with Gasteiger partial charge in [0.2, 0.25) is 11.5 Å². The highest BCUT2D eigenvalue weighted by atomic mass is 16.3. The van der Waals surface area contributed by atoms with E-state index in [9.17, 15) is 0 Å². The number of pyridine rings is 1. The Kier molecular flexibility index (Phi) is 6.92. The number of aromatic nitrogens is 6. The Morgan fingerprint density at radius 2 is 1.19 bits per heavy atom. The van der Waals surface area contributed by atoms with Crippen LogP contribution >= 0.6 is 0 Å². The van der Waals surface area contributed by atoms with Gasteiger partial charge in [-0.1, -0.05) is 130 Å². The summed E-state index contributed by atoms with van der Waals surface area (Å²) in [6, 6.07) is 48.2. The molecule has 0 bridgehead atoms. The van der Waals surface area contributed by atoms with E-state index in [2.05, 4.69) is 158 Å². The lowest BCUT2D eigenvalue weighted by atomic mass is 9.93. The van der Waals surface area contributed by atoms with E-state index < -0.39 is 0 Å². The van der Waals surface area contributed by atoms with Crippen LogP contribution in [0, 0.1) is 0 Å². The molecular formula is C46H34N6O. The van der Waals surface area contributed by atoms with Crippen molar-refractivity contribution in [3.05, 3.63) is 158 Å². The van der Waals surface area contributed by atoms with Crippen molar-refractivity contribution >= 4 is 38.9 Å². The zero-order valence-electron chi connectivity index (χ0n) is 29.5. The van der Waals surface area contributed by atoms with Gasteiger partial charge in [-0.15, -0.1) is 0 Å². The number of imidazole rings is 2. The first-order valence-corrected chi connectivity index (χ1v) is 17.8. The lowest BCUT2D eigenvalue weighted by molar-refractivity contribution is 0.554. The zero-order valence-corrected chi connectivity index (χ0v) is 29.5. The summed E-state index contributed by atoms with van der Waals surface area (Å²) < 4.78 is 11.1. The molecule has 10 aromatic rings. The molecule has 0 aliphatic heterocycles. The zero-order chi connectivity index (χ0) is 35.7. The van der Waals surface area contributed by atoms with Crippen LogP contribution in [0.1, 0.15) is 26.5 Å². The molecule has 0 aliphatic rings. The first-order chi connectivity index (χ1) is 25.9. The molecule has 7 nitrogen and oxygen atoms in total. The maximum absolute atomic E-state index is 6.75. The normalized spacial score (nSPS) is 12.1. The van der Waals surface area contributed by atoms with Crippen LogP contribution in [-0.4, -0.2) is 28.9 Å². The number of nitrogens with zero attached hydrogens (tertiary/aromatic N) is 6. The Morgan fingerprint density at radius 3 is 1.98 bits per heavy atom. The highest BCUT2D eigenvalue weighted by Crippen LogP contribution is 2.40. The van der Waals surface area contributed by atoms with Gasteiger partial charge in [0.05, 0.1) is 45.4 Å². The highest BCUT2D eigenvalue weighted by Gasteiger charge is 2.24. The summed E-state index contributed by atoms with van der Waals surface area (Å²) in [6.07, 6.45) is 3.76. The number of furan rings is 1. The summed E-state index contributed by atoms with van der Waals surface area (Å²) in [6.45, 7) is 6.52. The van der Waals surface area contributed by atoms with E-state index in [-0.39, 0.29) is 5.41 Å². The summed E-state index contributed by atoms with van der Waals surface area (Å²) in [7, 11) is 0.